The van der Waals surface area contributed by atoms with Gasteiger partial charge in [0.2, 0.25) is 0 Å². The molecule has 1 fully saturated rings. The largest absolute Gasteiger partial charge is 0.356 e. The second-order valence-electron chi connectivity index (χ2n) is 10.6. The van der Waals surface area contributed by atoms with Crippen LogP contribution in [0.3, 0.4) is 0 Å². The van der Waals surface area contributed by atoms with Crippen LogP contribution in [0.4, 0.5) is 5.82 Å². The molecule has 5 aromatic rings. The van der Waals surface area contributed by atoms with E-state index in [-0.39, 0.29) is 11.4 Å². The van der Waals surface area contributed by atoms with Gasteiger partial charge in [-0.15, -0.1) is 6.42 Å². The Hall–Kier alpha value is -5.41. The molecule has 1 saturated heterocycles. The summed E-state index contributed by atoms with van der Waals surface area (Å²) in [6.07, 6.45) is 16.1. The highest BCUT2D eigenvalue weighted by molar-refractivity contribution is 5.94. The molecule has 4 aromatic heterocycles. The number of rotatable bonds is 5. The minimum Gasteiger partial charge on any atom is -0.356 e. The van der Waals surface area contributed by atoms with E-state index in [0.29, 0.717) is 11.1 Å². The summed E-state index contributed by atoms with van der Waals surface area (Å²) in [6, 6.07) is 15.4. The van der Waals surface area contributed by atoms with E-state index in [1.807, 2.05) is 44.0 Å². The van der Waals surface area contributed by atoms with Crippen LogP contribution < -0.4 is 10.2 Å². The van der Waals surface area contributed by atoms with Gasteiger partial charge >= 0.3 is 0 Å². The summed E-state index contributed by atoms with van der Waals surface area (Å²) >= 11 is 0. The van der Waals surface area contributed by atoms with Crippen molar-refractivity contribution in [2.75, 3.05) is 18.0 Å². The molecule has 0 atom stereocenters. The van der Waals surface area contributed by atoms with Crippen LogP contribution in [0.1, 0.15) is 41.3 Å². The van der Waals surface area contributed by atoms with Gasteiger partial charge < -0.3 is 10.2 Å². The maximum atomic E-state index is 12.9. The molecule has 1 aromatic carbocycles. The van der Waals surface area contributed by atoms with Crippen LogP contribution in [0, 0.1) is 23.7 Å². The maximum absolute atomic E-state index is 12.9. The molecule has 1 aliphatic heterocycles. The Labute approximate surface area is 238 Å². The van der Waals surface area contributed by atoms with Crippen molar-refractivity contribution >= 4 is 17.2 Å². The lowest BCUT2D eigenvalue weighted by atomic mass is 9.89. The van der Waals surface area contributed by atoms with Crippen LogP contribution in [0.2, 0.25) is 0 Å². The number of nitrogens with zero attached hydrogens (tertiary/aromatic N) is 7. The van der Waals surface area contributed by atoms with E-state index in [0.717, 1.165) is 65.1 Å². The molecule has 0 saturated carbocycles. The highest BCUT2D eigenvalue weighted by atomic mass is 16.1. The van der Waals surface area contributed by atoms with Crippen molar-refractivity contribution in [3.8, 4) is 40.7 Å². The van der Waals surface area contributed by atoms with Crippen LogP contribution >= 0.6 is 0 Å². The van der Waals surface area contributed by atoms with Crippen molar-refractivity contribution in [3.05, 3.63) is 90.1 Å². The number of piperidine rings is 1. The number of nitrogens with one attached hydrogen (secondary N) is 1. The second kappa shape index (κ2) is 10.3. The fraction of sp³-hybridized carbons (Fsp3) is 0.219. The van der Waals surface area contributed by atoms with E-state index in [2.05, 4.69) is 45.4 Å². The number of fused-ring (bicyclic) bond motifs is 1. The first-order chi connectivity index (χ1) is 19.9. The Morgan fingerprint density at radius 3 is 2.41 bits per heavy atom. The second-order valence-corrected chi connectivity index (χ2v) is 10.6. The number of anilines is 1. The van der Waals surface area contributed by atoms with Crippen LogP contribution in [-0.2, 0) is 7.05 Å². The Bertz CT molecular complexity index is 1830. The molecule has 5 heterocycles. The number of carbonyl (C=O) groups excluding carboxylic acids is 1. The van der Waals surface area contributed by atoms with Gasteiger partial charge in [-0.1, -0.05) is 5.92 Å². The predicted octanol–water partition coefficient (Wildman–Crippen LogP) is 4.44. The molecule has 0 radical (unpaired) electrons. The lowest BCUT2D eigenvalue weighted by molar-refractivity contribution is 0.0891. The van der Waals surface area contributed by atoms with Gasteiger partial charge in [-0.3, -0.25) is 9.48 Å². The number of nitriles is 1. The number of amides is 1. The Morgan fingerprint density at radius 2 is 1.78 bits per heavy atom. The molecule has 9 heteroatoms. The highest BCUT2D eigenvalue weighted by Gasteiger charge is 2.32. The zero-order chi connectivity index (χ0) is 28.6. The van der Waals surface area contributed by atoms with E-state index in [1.165, 1.54) is 0 Å². The fourth-order valence-electron chi connectivity index (χ4n) is 5.30. The van der Waals surface area contributed by atoms with E-state index in [4.69, 9.17) is 11.4 Å². The number of aryl methyl sites for hydroxylation is 1. The summed E-state index contributed by atoms with van der Waals surface area (Å²) < 4.78 is 3.50. The van der Waals surface area contributed by atoms with Crippen molar-refractivity contribution in [3.63, 3.8) is 0 Å². The lowest BCUT2D eigenvalue weighted by Crippen LogP contribution is -2.53. The van der Waals surface area contributed by atoms with Gasteiger partial charge in [-0.2, -0.15) is 15.5 Å². The Balaban J connectivity index is 1.20. The molecular weight excluding hydrogens is 512 g/mol. The molecular formula is C32H28N8O. The molecule has 1 N–H and O–H groups in total. The molecule has 41 heavy (non-hydrogen) atoms. The summed E-state index contributed by atoms with van der Waals surface area (Å²) in [5, 5.41) is 21.6. The van der Waals surface area contributed by atoms with E-state index in [9.17, 15) is 10.1 Å². The highest BCUT2D eigenvalue weighted by Crippen LogP contribution is 2.33. The summed E-state index contributed by atoms with van der Waals surface area (Å²) in [6.45, 7) is 3.62. The van der Waals surface area contributed by atoms with E-state index >= 15 is 0 Å². The van der Waals surface area contributed by atoms with Gasteiger partial charge in [0.25, 0.3) is 5.91 Å². The average Bonchev–Trinajstić information content (AvgIpc) is 3.63. The molecule has 0 bridgehead atoms. The molecule has 1 aliphatic rings. The third kappa shape index (κ3) is 5.02. The predicted molar refractivity (Wildman–Crippen MR) is 157 cm³/mol. The first-order valence-corrected chi connectivity index (χ1v) is 13.4. The molecule has 0 spiro atoms. The Kier molecular flexibility index (Phi) is 6.49. The van der Waals surface area contributed by atoms with Gasteiger partial charge in [0.15, 0.2) is 0 Å². The van der Waals surface area contributed by atoms with Crippen molar-refractivity contribution in [2.24, 2.45) is 7.05 Å². The van der Waals surface area contributed by atoms with Crippen LogP contribution in [0.15, 0.2) is 73.4 Å². The number of pyridine rings is 2. The van der Waals surface area contributed by atoms with Gasteiger partial charge in [0, 0.05) is 77.6 Å². The monoisotopic (exact) mass is 540 g/mol. The smallest absolute Gasteiger partial charge is 0.251 e. The van der Waals surface area contributed by atoms with E-state index < -0.39 is 0 Å². The zero-order valence-electron chi connectivity index (χ0n) is 22.9. The average molecular weight is 541 g/mol. The van der Waals surface area contributed by atoms with Gasteiger partial charge in [0.05, 0.1) is 23.5 Å². The number of benzene rings is 1. The van der Waals surface area contributed by atoms with Gasteiger partial charge in [0.1, 0.15) is 11.9 Å². The third-order valence-corrected chi connectivity index (χ3v) is 7.75. The first-order valence-electron chi connectivity index (χ1n) is 13.4. The summed E-state index contributed by atoms with van der Waals surface area (Å²) in [5.74, 6) is 3.36. The first kappa shape index (κ1) is 25.8. The topological polar surface area (TPSA) is 104 Å². The molecule has 0 unspecified atom stereocenters. The SMILES string of the molecule is C#Cc1ccc(C(=O)NC2(C)CCN(c3ccc(-c4cc(-c5cnn(C)c5)cn5ncc(C#N)c45)cn3)CC2)cc1. The molecule has 9 nitrogen and oxygen atoms in total. The number of carbonyl (C=O) groups is 1. The molecule has 6 rings (SSSR count). The standard InChI is InChI=1S/C32H28N8O/c1-4-22-5-7-23(8-6-22)31(41)37-32(2)11-13-39(14-12-32)29-10-9-24(17-34-29)28-15-25(27-19-35-38(3)20-27)21-40-30(28)26(16-33)18-36-40/h1,5-10,15,17-21H,11-14H2,2-3H3,(H,37,41). The van der Waals surface area contributed by atoms with Crippen LogP contribution in [-0.4, -0.2) is 48.9 Å². The van der Waals surface area contributed by atoms with Crippen LogP contribution in [0.5, 0.6) is 0 Å². The summed E-state index contributed by atoms with van der Waals surface area (Å²) in [4.78, 5) is 19.9. The molecule has 1 amide bonds. The maximum Gasteiger partial charge on any atom is 0.251 e. The number of hydrogen-bond donors (Lipinski definition) is 1. The number of hydrogen-bond acceptors (Lipinski definition) is 6. The molecule has 202 valence electrons. The number of terminal acetylenes is 1. The van der Waals surface area contributed by atoms with Gasteiger partial charge in [-0.25, -0.2) is 9.50 Å². The van der Waals surface area contributed by atoms with Gasteiger partial charge in [-0.05, 0) is 62.2 Å². The summed E-state index contributed by atoms with van der Waals surface area (Å²) in [5.41, 5.74) is 5.97. The quantitative estimate of drug-likeness (QED) is 0.331. The minimum absolute atomic E-state index is 0.0940. The van der Waals surface area contributed by atoms with Crippen LogP contribution in [0.25, 0.3) is 27.8 Å². The van der Waals surface area contributed by atoms with Crippen molar-refractivity contribution in [1.82, 2.24) is 29.7 Å². The number of aromatic nitrogens is 5. The zero-order valence-corrected chi connectivity index (χ0v) is 22.9. The van der Waals surface area contributed by atoms with Crippen molar-refractivity contribution in [2.45, 2.75) is 25.3 Å². The third-order valence-electron chi connectivity index (χ3n) is 7.75. The Morgan fingerprint density at radius 1 is 1.00 bits per heavy atom. The molecule has 0 aliphatic carbocycles. The van der Waals surface area contributed by atoms with Crippen molar-refractivity contribution < 1.29 is 4.79 Å². The summed E-state index contributed by atoms with van der Waals surface area (Å²) in [7, 11) is 1.88. The van der Waals surface area contributed by atoms with Crippen molar-refractivity contribution in [1.29, 1.82) is 5.26 Å². The lowest BCUT2D eigenvalue weighted by Gasteiger charge is -2.40. The minimum atomic E-state index is -0.313. The normalized spacial score (nSPS) is 14.4. The fourth-order valence-corrected chi connectivity index (χ4v) is 5.30. The van der Waals surface area contributed by atoms with E-state index in [1.54, 1.807) is 39.7 Å².